The maximum absolute atomic E-state index is 4.17. The molecule has 1 heterocycles. The zero-order chi connectivity index (χ0) is 7.68. The number of fused-ring (bicyclic) bond motifs is 1. The highest BCUT2D eigenvalue weighted by Crippen LogP contribution is 2.11. The van der Waals surface area contributed by atoms with Crippen LogP contribution in [0.5, 0.6) is 0 Å². The Balaban J connectivity index is 2.83. The Hall–Kier alpha value is -1.37. The van der Waals surface area contributed by atoms with Crippen molar-refractivity contribution >= 4 is 10.9 Å². The summed E-state index contributed by atoms with van der Waals surface area (Å²) in [5, 5.41) is 1.16. The molecule has 1 heteroatoms. The molecule has 0 saturated carbocycles. The van der Waals surface area contributed by atoms with Gasteiger partial charge >= 0.3 is 0 Å². The lowest BCUT2D eigenvalue weighted by Gasteiger charge is -1.95. The SMILES string of the molecule is Cc1ccc2nc[c]cc2c1. The van der Waals surface area contributed by atoms with Crippen LogP contribution in [0, 0.1) is 13.0 Å². The number of aromatic nitrogens is 1. The number of benzene rings is 1. The molecule has 0 fully saturated rings. The fourth-order valence-corrected chi connectivity index (χ4v) is 1.14. The third-order valence-corrected chi connectivity index (χ3v) is 1.70. The molecule has 53 valence electrons. The fourth-order valence-electron chi connectivity index (χ4n) is 1.14. The Labute approximate surface area is 65.7 Å². The third kappa shape index (κ3) is 1.09. The van der Waals surface area contributed by atoms with Crippen LogP contribution >= 0.6 is 0 Å². The highest BCUT2D eigenvalue weighted by atomic mass is 14.6. The van der Waals surface area contributed by atoms with Gasteiger partial charge in [-0.3, -0.25) is 4.98 Å². The number of hydrogen-bond acceptors (Lipinski definition) is 1. The Bertz CT molecular complexity index is 379. The molecule has 0 atom stereocenters. The summed E-state index contributed by atoms with van der Waals surface area (Å²) in [4.78, 5) is 4.17. The van der Waals surface area contributed by atoms with Crippen molar-refractivity contribution in [3.63, 3.8) is 0 Å². The maximum atomic E-state index is 4.17. The topological polar surface area (TPSA) is 12.9 Å². The summed E-state index contributed by atoms with van der Waals surface area (Å²) in [5.41, 5.74) is 2.30. The van der Waals surface area contributed by atoms with Crippen LogP contribution in [-0.4, -0.2) is 4.98 Å². The molecule has 2 rings (SSSR count). The van der Waals surface area contributed by atoms with Crippen LogP contribution in [0.4, 0.5) is 0 Å². The quantitative estimate of drug-likeness (QED) is 0.550. The highest BCUT2D eigenvalue weighted by molar-refractivity contribution is 5.78. The second-order valence-electron chi connectivity index (χ2n) is 2.63. The fraction of sp³-hybridized carbons (Fsp3) is 0.100. The van der Waals surface area contributed by atoms with E-state index in [0.29, 0.717) is 0 Å². The summed E-state index contributed by atoms with van der Waals surface area (Å²) < 4.78 is 0. The standard InChI is InChI=1S/C10H8N/c1-8-4-5-10-9(7-8)3-2-6-11-10/h3-7H,1H3. The van der Waals surface area contributed by atoms with Gasteiger partial charge in [0.1, 0.15) is 0 Å². The Kier molecular flexibility index (Phi) is 1.35. The van der Waals surface area contributed by atoms with Crippen molar-refractivity contribution in [3.8, 4) is 0 Å². The van der Waals surface area contributed by atoms with Gasteiger partial charge in [0.15, 0.2) is 0 Å². The Morgan fingerprint density at radius 2 is 2.27 bits per heavy atom. The van der Waals surface area contributed by atoms with Crippen LogP contribution in [0.1, 0.15) is 5.56 Å². The lowest BCUT2D eigenvalue weighted by molar-refractivity contribution is 1.39. The smallest absolute Gasteiger partial charge is 0.0702 e. The van der Waals surface area contributed by atoms with Crippen LogP contribution < -0.4 is 0 Å². The molecular formula is C10H8N. The van der Waals surface area contributed by atoms with Crippen LogP contribution in [-0.2, 0) is 0 Å². The monoisotopic (exact) mass is 142 g/mol. The molecule has 0 aliphatic heterocycles. The Morgan fingerprint density at radius 1 is 1.36 bits per heavy atom. The largest absolute Gasteiger partial charge is 0.256 e. The van der Waals surface area contributed by atoms with Crippen LogP contribution in [0.3, 0.4) is 0 Å². The molecule has 0 N–H and O–H groups in total. The zero-order valence-electron chi connectivity index (χ0n) is 6.33. The number of nitrogens with zero attached hydrogens (tertiary/aromatic N) is 1. The second kappa shape index (κ2) is 2.35. The van der Waals surface area contributed by atoms with E-state index in [1.54, 1.807) is 6.20 Å². The van der Waals surface area contributed by atoms with Crippen LogP contribution in [0.2, 0.25) is 0 Å². The van der Waals surface area contributed by atoms with Crippen molar-refractivity contribution in [3.05, 3.63) is 42.1 Å². The molecule has 1 aromatic carbocycles. The second-order valence-corrected chi connectivity index (χ2v) is 2.63. The summed E-state index contributed by atoms with van der Waals surface area (Å²) in [5.74, 6) is 0. The van der Waals surface area contributed by atoms with E-state index in [0.717, 1.165) is 10.9 Å². The minimum absolute atomic E-state index is 1.04. The average molecular weight is 142 g/mol. The van der Waals surface area contributed by atoms with Gasteiger partial charge in [-0.05, 0) is 25.1 Å². The van der Waals surface area contributed by atoms with E-state index in [4.69, 9.17) is 0 Å². The number of aryl methyl sites for hydroxylation is 1. The van der Waals surface area contributed by atoms with Gasteiger partial charge in [0.05, 0.1) is 5.52 Å². The number of pyridine rings is 1. The minimum atomic E-state index is 1.04. The highest BCUT2D eigenvalue weighted by Gasteiger charge is 1.91. The van der Waals surface area contributed by atoms with E-state index in [1.807, 2.05) is 12.1 Å². The molecule has 0 bridgehead atoms. The normalized spacial score (nSPS) is 10.3. The van der Waals surface area contributed by atoms with Crippen molar-refractivity contribution in [2.75, 3.05) is 0 Å². The van der Waals surface area contributed by atoms with Gasteiger partial charge in [-0.15, -0.1) is 0 Å². The summed E-state index contributed by atoms with van der Waals surface area (Å²) in [7, 11) is 0. The molecule has 0 aliphatic carbocycles. The summed E-state index contributed by atoms with van der Waals surface area (Å²) in [6.45, 7) is 2.08. The molecule has 0 spiro atoms. The number of hydrogen-bond donors (Lipinski definition) is 0. The van der Waals surface area contributed by atoms with Gasteiger partial charge in [-0.1, -0.05) is 11.6 Å². The van der Waals surface area contributed by atoms with Crippen molar-refractivity contribution in [2.45, 2.75) is 6.92 Å². The van der Waals surface area contributed by atoms with Crippen LogP contribution in [0.15, 0.2) is 30.5 Å². The lowest BCUT2D eigenvalue weighted by Crippen LogP contribution is -1.77. The first-order valence-corrected chi connectivity index (χ1v) is 3.59. The van der Waals surface area contributed by atoms with E-state index in [1.165, 1.54) is 5.56 Å². The molecule has 1 nitrogen and oxygen atoms in total. The molecule has 1 aromatic heterocycles. The molecule has 0 unspecified atom stereocenters. The number of rotatable bonds is 0. The molecule has 0 amide bonds. The molecule has 0 aliphatic rings. The molecule has 11 heavy (non-hydrogen) atoms. The van der Waals surface area contributed by atoms with Crippen molar-refractivity contribution in [1.29, 1.82) is 0 Å². The van der Waals surface area contributed by atoms with Gasteiger partial charge in [-0.25, -0.2) is 0 Å². The van der Waals surface area contributed by atoms with Gasteiger partial charge in [0, 0.05) is 17.6 Å². The first-order valence-electron chi connectivity index (χ1n) is 3.59. The minimum Gasteiger partial charge on any atom is -0.256 e. The van der Waals surface area contributed by atoms with Crippen molar-refractivity contribution in [2.24, 2.45) is 0 Å². The van der Waals surface area contributed by atoms with Gasteiger partial charge < -0.3 is 0 Å². The molecular weight excluding hydrogens is 134 g/mol. The predicted octanol–water partition coefficient (Wildman–Crippen LogP) is 2.34. The summed E-state index contributed by atoms with van der Waals surface area (Å²) in [6.07, 6.45) is 1.69. The van der Waals surface area contributed by atoms with E-state index >= 15 is 0 Å². The third-order valence-electron chi connectivity index (χ3n) is 1.70. The van der Waals surface area contributed by atoms with E-state index in [9.17, 15) is 0 Å². The summed E-state index contributed by atoms with van der Waals surface area (Å²) in [6, 6.07) is 11.1. The maximum Gasteiger partial charge on any atom is 0.0702 e. The van der Waals surface area contributed by atoms with E-state index in [-0.39, 0.29) is 0 Å². The van der Waals surface area contributed by atoms with Crippen LogP contribution in [0.25, 0.3) is 10.9 Å². The predicted molar refractivity (Wildman–Crippen MR) is 45.3 cm³/mol. The molecule has 2 aromatic rings. The van der Waals surface area contributed by atoms with Gasteiger partial charge in [0.25, 0.3) is 0 Å². The zero-order valence-corrected chi connectivity index (χ0v) is 6.33. The summed E-state index contributed by atoms with van der Waals surface area (Å²) >= 11 is 0. The lowest BCUT2D eigenvalue weighted by atomic mass is 10.1. The average Bonchev–Trinajstić information content (AvgIpc) is 2.04. The first-order chi connectivity index (χ1) is 5.36. The molecule has 1 radical (unpaired) electrons. The van der Waals surface area contributed by atoms with E-state index in [2.05, 4.69) is 30.1 Å². The van der Waals surface area contributed by atoms with E-state index < -0.39 is 0 Å². The Morgan fingerprint density at radius 3 is 3.18 bits per heavy atom. The van der Waals surface area contributed by atoms with Gasteiger partial charge in [0.2, 0.25) is 0 Å². The van der Waals surface area contributed by atoms with Crippen molar-refractivity contribution in [1.82, 2.24) is 4.98 Å². The molecule has 0 saturated heterocycles. The van der Waals surface area contributed by atoms with Crippen molar-refractivity contribution < 1.29 is 0 Å². The first kappa shape index (κ1) is 6.35. The van der Waals surface area contributed by atoms with Gasteiger partial charge in [-0.2, -0.15) is 0 Å².